The number of rotatable bonds is 11. The van der Waals surface area contributed by atoms with Gasteiger partial charge in [0.15, 0.2) is 34.2 Å². The number of hydrogen-bond acceptors (Lipinski definition) is 8. The van der Waals surface area contributed by atoms with Gasteiger partial charge in [-0.1, -0.05) is 189 Å². The third-order valence-corrected chi connectivity index (χ3v) is 22.5. The van der Waals surface area contributed by atoms with Gasteiger partial charge in [-0.05, 0) is 187 Å². The molecule has 96 heavy (non-hydrogen) atoms. The first kappa shape index (κ1) is 61.5. The lowest BCUT2D eigenvalue weighted by Crippen LogP contribution is -2.44. The maximum atomic E-state index is 8.01. The van der Waals surface area contributed by atoms with Crippen molar-refractivity contribution in [3.05, 3.63) is 238 Å². The Morgan fingerprint density at radius 2 is 0.625 bits per heavy atom. The van der Waals surface area contributed by atoms with Crippen LogP contribution in [0.5, 0.6) is 46.0 Å². The van der Waals surface area contributed by atoms with Crippen LogP contribution in [0, 0.1) is 21.7 Å². The third kappa shape index (κ3) is 9.12. The van der Waals surface area contributed by atoms with Crippen LogP contribution in [-0.4, -0.2) is 42.7 Å². The molecule has 2 atom stereocenters. The average molecular weight is 1270 g/mol. The predicted molar refractivity (Wildman–Crippen MR) is 388 cm³/mol. The van der Waals surface area contributed by atoms with Crippen LogP contribution in [0.4, 0.5) is 0 Å². The lowest BCUT2D eigenvalue weighted by molar-refractivity contribution is 0.0638. The zero-order valence-electron chi connectivity index (χ0n) is 58.0. The van der Waals surface area contributed by atoms with Gasteiger partial charge in [-0.2, -0.15) is 0 Å². The molecule has 0 bridgehead atoms. The van der Waals surface area contributed by atoms with Crippen LogP contribution >= 0.6 is 0 Å². The molecule has 2 unspecified atom stereocenters. The molecule has 2 aliphatic heterocycles. The van der Waals surface area contributed by atoms with Gasteiger partial charge in [-0.25, -0.2) is 0 Å². The molecule has 0 radical (unpaired) electrons. The Morgan fingerprint density at radius 1 is 0.323 bits per heavy atom. The minimum atomic E-state index is -1.06. The van der Waals surface area contributed by atoms with Gasteiger partial charge in [0.2, 0.25) is 0 Å². The maximum absolute atomic E-state index is 8.01. The summed E-state index contributed by atoms with van der Waals surface area (Å²) in [6.07, 6.45) is 15.7. The Kier molecular flexibility index (Phi) is 13.8. The van der Waals surface area contributed by atoms with E-state index in [1.54, 1.807) is 42.7 Å². The highest BCUT2D eigenvalue weighted by atomic mass is 16.5. The Morgan fingerprint density at radius 3 is 0.938 bits per heavy atom. The molecule has 8 nitrogen and oxygen atoms in total. The second-order valence-electron chi connectivity index (χ2n) is 31.4. The molecule has 10 aromatic carbocycles. The van der Waals surface area contributed by atoms with Gasteiger partial charge in [0.1, 0.15) is 23.0 Å². The van der Waals surface area contributed by atoms with Crippen LogP contribution in [0.3, 0.4) is 0 Å². The Hall–Kier alpha value is -9.40. The van der Waals surface area contributed by atoms with Gasteiger partial charge >= 0.3 is 0 Å². The van der Waals surface area contributed by atoms with Gasteiger partial charge in [0.25, 0.3) is 0 Å². The number of fused-ring (bicyclic) bond motifs is 20. The Labute approximate surface area is 565 Å². The molecule has 0 saturated heterocycles. The van der Waals surface area contributed by atoms with Crippen molar-refractivity contribution in [3.8, 4) is 79.4 Å². The van der Waals surface area contributed by atoms with Gasteiger partial charge in [0.05, 0.1) is 42.7 Å². The van der Waals surface area contributed by atoms with Crippen LogP contribution in [0.1, 0.15) is 150 Å². The average Bonchev–Trinajstić information content (AvgIpc) is 1.48. The summed E-state index contributed by atoms with van der Waals surface area (Å²) in [5.41, 5.74) is 16.4. The van der Waals surface area contributed by atoms with E-state index in [1.165, 1.54) is 44.5 Å². The van der Waals surface area contributed by atoms with Crippen molar-refractivity contribution in [2.24, 2.45) is 21.7 Å². The summed E-state index contributed by atoms with van der Waals surface area (Å²) in [6.45, 7) is 19.7. The van der Waals surface area contributed by atoms with Gasteiger partial charge in [0, 0.05) is 55.0 Å². The number of hydrogen-bond donors (Lipinski definition) is 0. The molecule has 10 aromatic rings. The summed E-state index contributed by atoms with van der Waals surface area (Å²) in [5, 5.41) is 4.11. The third-order valence-electron chi connectivity index (χ3n) is 22.5. The smallest absolute Gasteiger partial charge is 0.178 e. The zero-order valence-corrected chi connectivity index (χ0v) is 58.0. The SMILES string of the molecule is COc1ccc(C2(c3ccc(-c4ccc(C5(c6ccc(OC)cc6)C=Cc6c7c(c8cc(OC)c(OC)cc8c6O5)-c5ccccc5C75CC(C)(C)CC(C)(C)C5)cc4)cc3)C=Cc3c4c(c5cc(OC)c(OC)cc5c3O2)-c2ccccc2C42CC(C)(C)CC(C)(C)C2)cc1. The molecular weight excluding hydrogens is 1180 g/mol. The quantitative estimate of drug-likeness (QED) is 0.127. The molecule has 0 N–H and O–H groups in total. The fraction of sp³-hybridized carbons (Fsp3) is 0.318. The summed E-state index contributed by atoms with van der Waals surface area (Å²) in [7, 11) is 10.3. The van der Waals surface area contributed by atoms with Crippen molar-refractivity contribution in [1.29, 1.82) is 0 Å². The Bertz CT molecular complexity index is 4550. The highest BCUT2D eigenvalue weighted by molar-refractivity contribution is 6.11. The van der Waals surface area contributed by atoms with Crippen LogP contribution in [0.25, 0.3) is 67.1 Å². The second-order valence-corrected chi connectivity index (χ2v) is 31.4. The van der Waals surface area contributed by atoms with Crippen LogP contribution < -0.4 is 37.9 Å². The molecule has 16 rings (SSSR count). The van der Waals surface area contributed by atoms with Gasteiger partial charge < -0.3 is 37.9 Å². The van der Waals surface area contributed by atoms with Gasteiger partial charge in [-0.3, -0.25) is 0 Å². The number of benzene rings is 10. The minimum Gasteiger partial charge on any atom is -0.497 e. The molecule has 8 heteroatoms. The molecule has 6 aliphatic rings. The first-order valence-corrected chi connectivity index (χ1v) is 34.1. The first-order valence-electron chi connectivity index (χ1n) is 34.1. The summed E-state index contributed by atoms with van der Waals surface area (Å²) >= 11 is 0. The molecule has 2 saturated carbocycles. The van der Waals surface area contributed by atoms with E-state index in [2.05, 4.69) is 225 Å². The van der Waals surface area contributed by atoms with Gasteiger partial charge in [-0.15, -0.1) is 0 Å². The summed E-state index contributed by atoms with van der Waals surface area (Å²) in [5.74, 6) is 5.85. The predicted octanol–water partition coefficient (Wildman–Crippen LogP) is 21.4. The molecule has 4 aliphatic carbocycles. The highest BCUT2D eigenvalue weighted by Gasteiger charge is 2.58. The van der Waals surface area contributed by atoms with E-state index < -0.39 is 11.2 Å². The minimum absolute atomic E-state index is 0.0670. The number of ether oxygens (including phenoxy) is 8. The largest absolute Gasteiger partial charge is 0.497 e. The van der Waals surface area contributed by atoms with E-state index >= 15 is 0 Å². The molecule has 486 valence electrons. The van der Waals surface area contributed by atoms with Crippen LogP contribution in [-0.2, 0) is 22.0 Å². The van der Waals surface area contributed by atoms with E-state index in [0.717, 1.165) is 128 Å². The van der Waals surface area contributed by atoms with Crippen molar-refractivity contribution < 1.29 is 37.9 Å². The number of methoxy groups -OCH3 is 6. The van der Waals surface area contributed by atoms with Crippen molar-refractivity contribution in [1.82, 2.24) is 0 Å². The van der Waals surface area contributed by atoms with E-state index in [-0.39, 0.29) is 32.5 Å². The topological polar surface area (TPSA) is 73.8 Å². The molecular formula is C88H86O8. The van der Waals surface area contributed by atoms with Crippen molar-refractivity contribution in [2.75, 3.05) is 42.7 Å². The normalized spacial score (nSPS) is 21.0. The monoisotopic (exact) mass is 1270 g/mol. The zero-order chi connectivity index (χ0) is 66.7. The maximum Gasteiger partial charge on any atom is 0.178 e. The fourth-order valence-electron chi connectivity index (χ4n) is 20.4. The van der Waals surface area contributed by atoms with E-state index in [4.69, 9.17) is 37.9 Å². The lowest BCUT2D eigenvalue weighted by Gasteiger charge is -2.52. The fourth-order valence-corrected chi connectivity index (χ4v) is 20.4. The Balaban J connectivity index is 0.837. The van der Waals surface area contributed by atoms with Crippen molar-refractivity contribution >= 4 is 33.7 Å². The highest BCUT2D eigenvalue weighted by Crippen LogP contribution is 2.70. The second kappa shape index (κ2) is 21.6. The van der Waals surface area contributed by atoms with E-state index in [1.807, 2.05) is 24.3 Å². The first-order chi connectivity index (χ1) is 46.1. The summed E-state index contributed by atoms with van der Waals surface area (Å²) < 4.78 is 52.1. The molecule has 2 fully saturated rings. The van der Waals surface area contributed by atoms with Crippen molar-refractivity contribution in [3.63, 3.8) is 0 Å². The van der Waals surface area contributed by atoms with Crippen LogP contribution in [0.15, 0.2) is 182 Å². The van der Waals surface area contributed by atoms with Crippen LogP contribution in [0.2, 0.25) is 0 Å². The standard InChI is InChI=1S/C88H86O8/c1-81(2)47-82(3,4)50-85(49-81)69-21-17-15-19-61(69)75-65-43-71(91-11)73(93-13)45-67(65)79-63(77(75)85)39-41-87(95-79,57-31-35-59(89-9)36-32-57)55-27-23-53(24-28-55)54-25-29-56(30-26-54)88(58-33-37-60(90-10)38-34-58)42-40-64-78-76(66-44-72(92-12)74(94-14)46-68(66)80(64)96-88)62-20-16-18-22-70(62)86(78)51-83(5,6)48-84(7,8)52-86/h15-46H,47-52H2,1-14H3. The summed E-state index contributed by atoms with van der Waals surface area (Å²) in [4.78, 5) is 0. The molecule has 2 heterocycles. The summed E-state index contributed by atoms with van der Waals surface area (Å²) in [6, 6.07) is 61.5. The lowest BCUT2D eigenvalue weighted by atomic mass is 9.52. The van der Waals surface area contributed by atoms with E-state index in [0.29, 0.717) is 23.0 Å². The molecule has 2 spiro atoms. The molecule has 0 aromatic heterocycles. The van der Waals surface area contributed by atoms with E-state index in [9.17, 15) is 0 Å². The molecule has 0 amide bonds. The van der Waals surface area contributed by atoms with Crippen molar-refractivity contribution in [2.45, 2.75) is 116 Å².